The summed E-state index contributed by atoms with van der Waals surface area (Å²) in [5.74, 6) is 2.22. The van der Waals surface area contributed by atoms with Crippen molar-refractivity contribution in [2.75, 3.05) is 43.6 Å². The Balaban J connectivity index is 0.000000164. The number of pyridine rings is 1. The fourth-order valence-corrected chi connectivity index (χ4v) is 12.4. The minimum Gasteiger partial charge on any atom is -0.361 e. The van der Waals surface area contributed by atoms with E-state index in [1.165, 1.54) is 33.4 Å². The fourth-order valence-electron chi connectivity index (χ4n) is 10.6. The number of anilines is 1. The van der Waals surface area contributed by atoms with Crippen molar-refractivity contribution in [3.63, 3.8) is 0 Å². The second kappa shape index (κ2) is 17.6. The maximum absolute atomic E-state index is 13.5. The first kappa shape index (κ1) is 46.4. The molecule has 5 aromatic heterocycles. The van der Waals surface area contributed by atoms with Crippen LogP contribution in [0.1, 0.15) is 97.2 Å². The van der Waals surface area contributed by atoms with E-state index in [-0.39, 0.29) is 29.9 Å². The molecule has 0 saturated carbocycles. The number of rotatable bonds is 9. The molecule has 69 heavy (non-hydrogen) atoms. The second-order valence-corrected chi connectivity index (χ2v) is 22.4. The summed E-state index contributed by atoms with van der Waals surface area (Å²) >= 11 is 0. The average molecular weight is 982 g/mol. The maximum atomic E-state index is 13.5. The van der Waals surface area contributed by atoms with Crippen molar-refractivity contribution < 1.29 is 39.9 Å². The number of carbonyl (C=O) groups is 2. The molecule has 19 nitrogen and oxygen atoms in total. The van der Waals surface area contributed by atoms with Crippen LogP contribution in [-0.2, 0) is 29.6 Å². The molecule has 0 aliphatic carbocycles. The van der Waals surface area contributed by atoms with E-state index >= 15 is 0 Å². The van der Waals surface area contributed by atoms with E-state index in [2.05, 4.69) is 29.7 Å². The topological polar surface area (TPSA) is 225 Å². The molecule has 362 valence electrons. The Kier molecular flexibility index (Phi) is 11.8. The minimum atomic E-state index is -3.35. The number of sulfonamides is 2. The number of fused-ring (bicyclic) bond motifs is 2. The molecule has 2 amide bonds. The predicted octanol–water partition coefficient (Wildman–Crippen LogP) is 6.38. The number of nitrogens with zero attached hydrogens (tertiary/aromatic N) is 10. The molecule has 4 saturated heterocycles. The Morgan fingerprint density at radius 2 is 1.22 bits per heavy atom. The highest BCUT2D eigenvalue weighted by atomic mass is 32.2. The first-order chi connectivity index (χ1) is 32.8. The number of hydrogen-bond donors (Lipinski definition) is 1. The van der Waals surface area contributed by atoms with Crippen LogP contribution < -0.4 is 10.2 Å². The van der Waals surface area contributed by atoms with E-state index in [1.807, 2.05) is 64.1 Å². The number of benzene rings is 2. The summed E-state index contributed by atoms with van der Waals surface area (Å²) < 4.78 is 80.2. The third-order valence-electron chi connectivity index (χ3n) is 13.8. The van der Waals surface area contributed by atoms with Crippen molar-refractivity contribution in [1.29, 1.82) is 0 Å². The van der Waals surface area contributed by atoms with Gasteiger partial charge in [0.05, 0.1) is 82.0 Å². The van der Waals surface area contributed by atoms with Crippen LogP contribution >= 0.6 is 0 Å². The summed E-state index contributed by atoms with van der Waals surface area (Å²) in [7, 11) is -6.60. The summed E-state index contributed by atoms with van der Waals surface area (Å²) in [4.78, 5) is 40.2. The normalized spacial score (nSPS) is 21.5. The molecule has 4 aliphatic heterocycles. The van der Waals surface area contributed by atoms with Gasteiger partial charge in [0.25, 0.3) is 0 Å². The number of halogens is 1. The van der Waals surface area contributed by atoms with Gasteiger partial charge in [0.1, 0.15) is 23.2 Å². The zero-order chi connectivity index (χ0) is 48.7. The molecule has 1 N–H and O–H groups in total. The minimum absolute atomic E-state index is 0.0178. The maximum Gasteiger partial charge on any atom is 0.227 e. The lowest BCUT2D eigenvalue weighted by molar-refractivity contribution is -0.119. The van der Waals surface area contributed by atoms with Crippen molar-refractivity contribution in [1.82, 2.24) is 48.3 Å². The molecule has 22 heteroatoms. The van der Waals surface area contributed by atoms with Crippen LogP contribution in [0.4, 0.5) is 10.1 Å². The summed E-state index contributed by atoms with van der Waals surface area (Å²) in [5, 5.41) is 11.1. The van der Waals surface area contributed by atoms with Crippen molar-refractivity contribution in [3.8, 4) is 22.3 Å². The molecule has 0 spiro atoms. The molecule has 4 fully saturated rings. The average Bonchev–Trinajstić information content (AvgIpc) is 4.16. The number of aryl methyl sites for hydroxylation is 4. The van der Waals surface area contributed by atoms with E-state index in [9.17, 15) is 30.8 Å². The Labute approximate surface area is 397 Å². The molecule has 0 bridgehead atoms. The number of nitrogens with one attached hydrogen (secondary N) is 1. The van der Waals surface area contributed by atoms with Crippen molar-refractivity contribution >= 4 is 59.6 Å². The molecule has 0 unspecified atom stereocenters. The number of aromatic nitrogens is 7. The van der Waals surface area contributed by atoms with E-state index in [0.29, 0.717) is 82.0 Å². The summed E-state index contributed by atoms with van der Waals surface area (Å²) in [6.45, 7) is 9.16. The molecule has 11 rings (SSSR count). The fraction of sp³-hybridized carbons (Fsp3) is 0.426. The predicted molar refractivity (Wildman–Crippen MR) is 253 cm³/mol. The van der Waals surface area contributed by atoms with Crippen molar-refractivity contribution in [2.24, 2.45) is 0 Å². The lowest BCUT2D eigenvalue weighted by atomic mass is 10.0. The highest BCUT2D eigenvalue weighted by Gasteiger charge is 2.40. The number of amides is 2. The van der Waals surface area contributed by atoms with Gasteiger partial charge in [0, 0.05) is 50.1 Å². The van der Waals surface area contributed by atoms with E-state index in [1.54, 1.807) is 11.0 Å². The largest absolute Gasteiger partial charge is 0.361 e. The van der Waals surface area contributed by atoms with Crippen LogP contribution in [0.15, 0.2) is 63.8 Å². The molecular weight excluding hydrogens is 930 g/mol. The van der Waals surface area contributed by atoms with Gasteiger partial charge in [-0.1, -0.05) is 22.4 Å². The Bertz CT molecular complexity index is 3360. The second-order valence-electron chi connectivity index (χ2n) is 18.4. The van der Waals surface area contributed by atoms with Gasteiger partial charge in [0.15, 0.2) is 0 Å². The van der Waals surface area contributed by atoms with Gasteiger partial charge in [-0.2, -0.15) is 4.39 Å². The van der Waals surface area contributed by atoms with Crippen LogP contribution in [0.25, 0.3) is 44.3 Å². The lowest BCUT2D eigenvalue weighted by Gasteiger charge is -2.27. The zero-order valence-corrected chi connectivity index (χ0v) is 40.6. The first-order valence-corrected chi connectivity index (χ1v) is 26.6. The smallest absolute Gasteiger partial charge is 0.227 e. The molecular formula is C47H52FN11O8S2. The monoisotopic (exact) mass is 981 g/mol. The standard InChI is InChI=1S/C26H27FN6O4S.C21H25N5O4S/c1-15-25(16(2)37-30-15)17-4-6-21-20(12-17)29-26(33(21)19-10-11-31(14-19)38(3,35)36)22-7-9-24(34)32(22)18-5-8-23(27)28-13-18;1-12-20(13(2)30-24-12)14-4-6-18-17(10-14)23-21(16-5-7-19(27)22-16)26(18)15-8-9-25(11-15)31(3,28)29/h4-6,8,12-13,19,22H,7,9-11,14H2,1-3H3;4,6,10,15-16H,5,7-9,11H2,1-3H3,(H,22,27)/t19-,22+;15-,16+/m11/s1. The van der Waals surface area contributed by atoms with Crippen LogP contribution in [0.5, 0.6) is 0 Å². The van der Waals surface area contributed by atoms with Gasteiger partial charge in [-0.05, 0) is 101 Å². The molecule has 7 aromatic rings. The zero-order valence-electron chi connectivity index (χ0n) is 39.0. The Morgan fingerprint density at radius 3 is 1.67 bits per heavy atom. The van der Waals surface area contributed by atoms with Crippen LogP contribution in [0.3, 0.4) is 0 Å². The quantitative estimate of drug-likeness (QED) is 0.155. The van der Waals surface area contributed by atoms with E-state index in [0.717, 1.165) is 67.3 Å². The van der Waals surface area contributed by atoms with E-state index in [4.69, 9.17) is 19.0 Å². The van der Waals surface area contributed by atoms with Gasteiger partial charge in [-0.3, -0.25) is 9.59 Å². The third kappa shape index (κ3) is 8.60. The summed E-state index contributed by atoms with van der Waals surface area (Å²) in [6, 6.07) is 14.0. The Hall–Kier alpha value is -6.36. The van der Waals surface area contributed by atoms with E-state index < -0.39 is 32.0 Å². The number of hydrogen-bond acceptors (Lipinski definition) is 13. The van der Waals surface area contributed by atoms with Crippen molar-refractivity contribution in [3.05, 3.63) is 95.2 Å². The van der Waals surface area contributed by atoms with Gasteiger partial charge >= 0.3 is 0 Å². The molecule has 0 radical (unpaired) electrons. The SMILES string of the molecule is Cc1noc(C)c1-c1ccc2c(c1)nc([C@@H]1CCC(=O)N1)n2[C@@H]1CCN(S(C)(=O)=O)C1.Cc1noc(C)c1-c1ccc2c(c1)nc([C@@H]1CCC(=O)N1c1ccc(F)nc1)n2[C@@H]1CCN(S(C)(=O)=O)C1. The number of carbonyl (C=O) groups excluding carboxylic acids is 2. The molecule has 4 aliphatic rings. The lowest BCUT2D eigenvalue weighted by Crippen LogP contribution is -2.31. The molecule has 2 aromatic carbocycles. The van der Waals surface area contributed by atoms with Crippen LogP contribution in [0, 0.1) is 33.6 Å². The van der Waals surface area contributed by atoms with Crippen LogP contribution in [-0.4, -0.2) is 110 Å². The van der Waals surface area contributed by atoms with Crippen LogP contribution in [0.2, 0.25) is 0 Å². The van der Waals surface area contributed by atoms with Gasteiger partial charge < -0.3 is 28.4 Å². The molecule has 4 atom stereocenters. The number of imidazole rings is 2. The highest BCUT2D eigenvalue weighted by molar-refractivity contribution is 7.88. The summed E-state index contributed by atoms with van der Waals surface area (Å²) in [6.07, 6.45) is 7.14. The van der Waals surface area contributed by atoms with Gasteiger partial charge in [-0.25, -0.2) is 40.4 Å². The Morgan fingerprint density at radius 1 is 0.681 bits per heavy atom. The third-order valence-corrected chi connectivity index (χ3v) is 16.3. The summed E-state index contributed by atoms with van der Waals surface area (Å²) in [5.41, 5.74) is 9.17. The van der Waals surface area contributed by atoms with Crippen molar-refractivity contribution in [2.45, 2.75) is 90.4 Å². The van der Waals surface area contributed by atoms with Gasteiger partial charge in [0.2, 0.25) is 37.8 Å². The highest BCUT2D eigenvalue weighted by Crippen LogP contribution is 2.42. The van der Waals surface area contributed by atoms with Gasteiger partial charge in [-0.15, -0.1) is 0 Å². The molecule has 9 heterocycles. The first-order valence-electron chi connectivity index (χ1n) is 22.9.